The molecular weight excluding hydrogens is 320 g/mol. The molecule has 0 saturated heterocycles. The van der Waals surface area contributed by atoms with Gasteiger partial charge in [-0.25, -0.2) is 0 Å². The largest absolute Gasteiger partial charge is 0.368 e. The third kappa shape index (κ3) is 6.54. The molecule has 1 aromatic carbocycles. The lowest BCUT2D eigenvalue weighted by Crippen LogP contribution is -2.55. The molecule has 0 bridgehead atoms. The molecule has 0 aliphatic rings. The van der Waals surface area contributed by atoms with Gasteiger partial charge in [-0.2, -0.15) is 0 Å². The lowest BCUT2D eigenvalue weighted by atomic mass is 9.90. The zero-order chi connectivity index (χ0) is 19.0. The lowest BCUT2D eigenvalue weighted by molar-refractivity contribution is -0.125. The minimum absolute atomic E-state index is 0.0580. The van der Waals surface area contributed by atoms with Gasteiger partial charge in [0.15, 0.2) is 0 Å². The molecular formula is C18H28N4O3. The zero-order valence-corrected chi connectivity index (χ0v) is 15.3. The summed E-state index contributed by atoms with van der Waals surface area (Å²) in [4.78, 5) is 35.7. The maximum absolute atomic E-state index is 12.1. The number of primary amides is 1. The second-order valence-corrected chi connectivity index (χ2v) is 6.64. The molecule has 0 aliphatic carbocycles. The fourth-order valence-corrected chi connectivity index (χ4v) is 2.56. The van der Waals surface area contributed by atoms with Crippen LogP contribution in [-0.4, -0.2) is 36.3 Å². The van der Waals surface area contributed by atoms with Crippen molar-refractivity contribution in [2.24, 2.45) is 11.7 Å². The highest BCUT2D eigenvalue weighted by Gasteiger charge is 2.31. The van der Waals surface area contributed by atoms with Gasteiger partial charge in [-0.1, -0.05) is 19.9 Å². The van der Waals surface area contributed by atoms with Crippen LogP contribution >= 0.6 is 0 Å². The van der Waals surface area contributed by atoms with E-state index in [4.69, 9.17) is 5.73 Å². The van der Waals surface area contributed by atoms with Crippen LogP contribution in [0.15, 0.2) is 24.3 Å². The van der Waals surface area contributed by atoms with E-state index in [2.05, 4.69) is 16.0 Å². The van der Waals surface area contributed by atoms with Crippen molar-refractivity contribution >= 4 is 23.4 Å². The molecule has 0 radical (unpaired) electrons. The Morgan fingerprint density at radius 1 is 1.24 bits per heavy atom. The summed E-state index contributed by atoms with van der Waals surface area (Å²) >= 11 is 0. The Labute approximate surface area is 148 Å². The molecule has 5 N–H and O–H groups in total. The van der Waals surface area contributed by atoms with E-state index in [9.17, 15) is 14.4 Å². The van der Waals surface area contributed by atoms with Crippen LogP contribution in [0, 0.1) is 5.92 Å². The maximum Gasteiger partial charge on any atom is 0.251 e. The Hall–Kier alpha value is -2.41. The van der Waals surface area contributed by atoms with Crippen molar-refractivity contribution in [3.8, 4) is 0 Å². The van der Waals surface area contributed by atoms with E-state index < -0.39 is 11.4 Å². The van der Waals surface area contributed by atoms with E-state index in [0.717, 1.165) is 0 Å². The average Bonchev–Trinajstić information content (AvgIpc) is 2.52. The quantitative estimate of drug-likeness (QED) is 0.538. The van der Waals surface area contributed by atoms with Crippen LogP contribution in [0.2, 0.25) is 0 Å². The van der Waals surface area contributed by atoms with Crippen LogP contribution in [0.1, 0.15) is 44.5 Å². The Morgan fingerprint density at radius 2 is 1.92 bits per heavy atom. The predicted molar refractivity (Wildman–Crippen MR) is 98.1 cm³/mol. The summed E-state index contributed by atoms with van der Waals surface area (Å²) in [5, 5.41) is 8.35. The van der Waals surface area contributed by atoms with Crippen molar-refractivity contribution in [1.29, 1.82) is 0 Å². The first-order valence-electron chi connectivity index (χ1n) is 8.41. The Morgan fingerprint density at radius 3 is 2.48 bits per heavy atom. The average molecular weight is 348 g/mol. The second kappa shape index (κ2) is 9.17. The number of carbonyl (C=O) groups excluding carboxylic acids is 3. The van der Waals surface area contributed by atoms with Gasteiger partial charge in [-0.15, -0.1) is 0 Å². The van der Waals surface area contributed by atoms with Gasteiger partial charge < -0.3 is 16.4 Å². The highest BCUT2D eigenvalue weighted by Crippen LogP contribution is 2.16. The van der Waals surface area contributed by atoms with Crippen molar-refractivity contribution < 1.29 is 14.4 Å². The van der Waals surface area contributed by atoms with Crippen LogP contribution in [0.5, 0.6) is 0 Å². The highest BCUT2D eigenvalue weighted by molar-refractivity contribution is 5.97. The number of hydrogen-bond donors (Lipinski definition) is 4. The Balaban J connectivity index is 2.69. The van der Waals surface area contributed by atoms with Gasteiger partial charge in [0.1, 0.15) is 0 Å². The van der Waals surface area contributed by atoms with E-state index in [1.54, 1.807) is 31.2 Å². The number of anilines is 1. The van der Waals surface area contributed by atoms with Crippen LogP contribution in [-0.2, 0) is 9.59 Å². The van der Waals surface area contributed by atoms with E-state index in [1.165, 1.54) is 0 Å². The number of benzene rings is 1. The lowest BCUT2D eigenvalue weighted by Gasteiger charge is -2.29. The molecule has 7 heteroatoms. The topological polar surface area (TPSA) is 113 Å². The molecule has 0 spiro atoms. The van der Waals surface area contributed by atoms with E-state index in [0.29, 0.717) is 24.2 Å². The molecule has 0 saturated carbocycles. The normalized spacial score (nSPS) is 13.2. The molecule has 7 nitrogen and oxygen atoms in total. The van der Waals surface area contributed by atoms with Gasteiger partial charge >= 0.3 is 0 Å². The van der Waals surface area contributed by atoms with Gasteiger partial charge in [0.05, 0.1) is 12.1 Å². The van der Waals surface area contributed by atoms with Gasteiger partial charge in [-0.3, -0.25) is 19.7 Å². The Kier molecular flexibility index (Phi) is 7.57. The summed E-state index contributed by atoms with van der Waals surface area (Å²) < 4.78 is 0. The number of nitrogens with one attached hydrogen (secondary N) is 3. The van der Waals surface area contributed by atoms with Crippen molar-refractivity contribution in [2.75, 3.05) is 18.4 Å². The standard InChI is InChI=1S/C18H28N4O3/c1-5-20-16(24)13-7-6-8-14(9-13)22-15(23)11-21-18(4,17(19)25)10-12(2)3/h6-9,12,21H,5,10-11H2,1-4H3,(H2,19,25)(H,20,24)(H,22,23)/t18-/m1/s1. The molecule has 1 aromatic rings. The van der Waals surface area contributed by atoms with Gasteiger partial charge in [0.25, 0.3) is 5.91 Å². The molecule has 3 amide bonds. The zero-order valence-electron chi connectivity index (χ0n) is 15.3. The number of rotatable bonds is 9. The van der Waals surface area contributed by atoms with Gasteiger partial charge in [0, 0.05) is 17.8 Å². The first-order chi connectivity index (χ1) is 11.7. The number of nitrogens with two attached hydrogens (primary N) is 1. The summed E-state index contributed by atoms with van der Waals surface area (Å²) in [5.74, 6) is -0.756. The molecule has 0 unspecified atom stereocenters. The highest BCUT2D eigenvalue weighted by atomic mass is 16.2. The SMILES string of the molecule is CCNC(=O)c1cccc(NC(=O)CN[C@](C)(CC(C)C)C(N)=O)c1. The van der Waals surface area contributed by atoms with Crippen molar-refractivity contribution in [2.45, 2.75) is 39.7 Å². The maximum atomic E-state index is 12.1. The summed E-state index contributed by atoms with van der Waals surface area (Å²) in [5.41, 5.74) is 5.49. The van der Waals surface area contributed by atoms with Crippen molar-refractivity contribution in [1.82, 2.24) is 10.6 Å². The van der Waals surface area contributed by atoms with Crippen molar-refractivity contribution in [3.63, 3.8) is 0 Å². The first kappa shape index (κ1) is 20.6. The molecule has 0 heterocycles. The van der Waals surface area contributed by atoms with Crippen LogP contribution in [0.3, 0.4) is 0 Å². The minimum Gasteiger partial charge on any atom is -0.368 e. The predicted octanol–water partition coefficient (Wildman–Crippen LogP) is 1.25. The summed E-state index contributed by atoms with van der Waals surface area (Å²) in [7, 11) is 0. The van der Waals surface area contributed by atoms with E-state index in [-0.39, 0.29) is 24.3 Å². The molecule has 1 rings (SSSR count). The van der Waals surface area contributed by atoms with Gasteiger partial charge in [0.2, 0.25) is 11.8 Å². The molecule has 0 aromatic heterocycles. The molecule has 1 atom stereocenters. The van der Waals surface area contributed by atoms with Gasteiger partial charge in [-0.05, 0) is 44.4 Å². The number of amides is 3. The fourth-order valence-electron chi connectivity index (χ4n) is 2.56. The summed E-state index contributed by atoms with van der Waals surface area (Å²) in [6, 6.07) is 6.66. The van der Waals surface area contributed by atoms with E-state index >= 15 is 0 Å². The molecule has 25 heavy (non-hydrogen) atoms. The molecule has 0 fully saturated rings. The summed E-state index contributed by atoms with van der Waals surface area (Å²) in [6.45, 7) is 7.96. The minimum atomic E-state index is -0.950. The molecule has 0 aliphatic heterocycles. The molecule has 138 valence electrons. The monoisotopic (exact) mass is 348 g/mol. The van der Waals surface area contributed by atoms with E-state index in [1.807, 2.05) is 20.8 Å². The van der Waals surface area contributed by atoms with Crippen LogP contribution in [0.25, 0.3) is 0 Å². The number of carbonyl (C=O) groups is 3. The first-order valence-corrected chi connectivity index (χ1v) is 8.41. The fraction of sp³-hybridized carbons (Fsp3) is 0.500. The van der Waals surface area contributed by atoms with Crippen molar-refractivity contribution in [3.05, 3.63) is 29.8 Å². The Bertz CT molecular complexity index is 631. The third-order valence-electron chi connectivity index (χ3n) is 3.75. The smallest absolute Gasteiger partial charge is 0.251 e. The summed E-state index contributed by atoms with van der Waals surface area (Å²) in [6.07, 6.45) is 0.530. The van der Waals surface area contributed by atoms with Crippen LogP contribution in [0.4, 0.5) is 5.69 Å². The third-order valence-corrected chi connectivity index (χ3v) is 3.75. The van der Waals surface area contributed by atoms with Crippen LogP contribution < -0.4 is 21.7 Å². The second-order valence-electron chi connectivity index (χ2n) is 6.64. The number of hydrogen-bond acceptors (Lipinski definition) is 4.